The molecule has 0 saturated carbocycles. The molecule has 0 aliphatic heterocycles. The van der Waals surface area contributed by atoms with Crippen LogP contribution in [0.3, 0.4) is 0 Å². The number of hydrogen-bond acceptors (Lipinski definition) is 0. The van der Waals surface area contributed by atoms with Crippen molar-refractivity contribution in [3.8, 4) is 0 Å². The molecule has 1 radical (unpaired) electrons. The van der Waals surface area contributed by atoms with Crippen LogP contribution >= 0.6 is 15.9 Å². The van der Waals surface area contributed by atoms with E-state index in [1.54, 1.807) is 0 Å². The van der Waals surface area contributed by atoms with Gasteiger partial charge >= 0.3 is 10.8 Å². The first-order chi connectivity index (χ1) is 4.31. The first-order valence-electron chi connectivity index (χ1n) is 2.34. The van der Waals surface area contributed by atoms with E-state index >= 15 is 0 Å². The summed E-state index contributed by atoms with van der Waals surface area (Å²) in [4.78, 5) is -4.27. The summed E-state index contributed by atoms with van der Waals surface area (Å²) in [5.74, 6) is -4.24. The van der Waals surface area contributed by atoms with Gasteiger partial charge in [0.1, 0.15) is 0 Å². The number of rotatable bonds is 3. The molecule has 1 nitrogen and oxygen atoms in total. The molecule has 61 valence electrons. The Morgan fingerprint density at radius 1 is 1.20 bits per heavy atom. The third-order valence-corrected chi connectivity index (χ3v) is 1.41. The number of alkyl halides is 5. The second-order valence-electron chi connectivity index (χ2n) is 1.66. The highest BCUT2D eigenvalue weighted by Crippen LogP contribution is 2.41. The highest BCUT2D eigenvalue weighted by atomic mass is 79.9. The molecule has 0 aliphatic carbocycles. The molecule has 0 atom stereocenters. The largest absolute Gasteiger partial charge is 0.363 e. The van der Waals surface area contributed by atoms with E-state index in [1.807, 2.05) is 0 Å². The molecular formula is C4H4BrF4O. The fourth-order valence-corrected chi connectivity index (χ4v) is 0.468. The van der Waals surface area contributed by atoms with Gasteiger partial charge in [-0.05, 0) is 15.9 Å². The maximum absolute atomic E-state index is 11.9. The zero-order chi connectivity index (χ0) is 8.41. The van der Waals surface area contributed by atoms with E-state index in [4.69, 9.17) is 0 Å². The van der Waals surface area contributed by atoms with Gasteiger partial charge in [0.05, 0.1) is 6.61 Å². The lowest BCUT2D eigenvalue weighted by molar-refractivity contribution is -0.158. The van der Waals surface area contributed by atoms with Gasteiger partial charge in [0.15, 0.2) is 0 Å². The average molecular weight is 224 g/mol. The number of halogens is 5. The molecule has 0 spiro atoms. The molecule has 0 bridgehead atoms. The van der Waals surface area contributed by atoms with Crippen LogP contribution in [0.5, 0.6) is 0 Å². The zero-order valence-corrected chi connectivity index (χ0v) is 6.30. The standard InChI is InChI=1S/C4H4BrF4O/c5-4(8,9)3(6,7)1-2-10/h1-2H2. The zero-order valence-electron chi connectivity index (χ0n) is 4.71. The van der Waals surface area contributed by atoms with Crippen molar-refractivity contribution in [1.29, 1.82) is 0 Å². The fourth-order valence-electron chi connectivity index (χ4n) is 0.270. The summed E-state index contributed by atoms with van der Waals surface area (Å²) in [6.07, 6.45) is -1.36. The summed E-state index contributed by atoms with van der Waals surface area (Å²) in [6, 6.07) is 0. The summed E-state index contributed by atoms with van der Waals surface area (Å²) >= 11 is 1.48. The second-order valence-corrected chi connectivity index (χ2v) is 2.65. The van der Waals surface area contributed by atoms with E-state index in [9.17, 15) is 22.7 Å². The van der Waals surface area contributed by atoms with Crippen LogP contribution in [0, 0.1) is 0 Å². The van der Waals surface area contributed by atoms with E-state index in [2.05, 4.69) is 0 Å². The normalized spacial score (nSPS) is 13.8. The molecule has 0 aromatic carbocycles. The summed E-state index contributed by atoms with van der Waals surface area (Å²) < 4.78 is 47.3. The van der Waals surface area contributed by atoms with Gasteiger partial charge in [-0.1, -0.05) is 0 Å². The maximum atomic E-state index is 11.9. The molecule has 0 aromatic heterocycles. The van der Waals surface area contributed by atoms with Crippen molar-refractivity contribution >= 4 is 15.9 Å². The van der Waals surface area contributed by atoms with Crippen LogP contribution in [0.25, 0.3) is 0 Å². The van der Waals surface area contributed by atoms with Gasteiger partial charge in [-0.3, -0.25) is 0 Å². The highest BCUT2D eigenvalue weighted by molar-refractivity contribution is 9.10. The molecule has 0 aromatic rings. The Labute approximate surface area is 63.2 Å². The first kappa shape index (κ1) is 10.2. The van der Waals surface area contributed by atoms with Crippen molar-refractivity contribution in [2.24, 2.45) is 0 Å². The smallest absolute Gasteiger partial charge is 0.236 e. The van der Waals surface area contributed by atoms with E-state index in [1.165, 1.54) is 15.9 Å². The lowest BCUT2D eigenvalue weighted by Gasteiger charge is -2.19. The van der Waals surface area contributed by atoms with Crippen molar-refractivity contribution in [3.63, 3.8) is 0 Å². The van der Waals surface area contributed by atoms with Crippen LogP contribution < -0.4 is 0 Å². The Bertz CT molecular complexity index is 110. The lowest BCUT2D eigenvalue weighted by Crippen LogP contribution is -2.35. The number of hydrogen-bond donors (Lipinski definition) is 0. The van der Waals surface area contributed by atoms with Crippen molar-refractivity contribution < 1.29 is 22.7 Å². The molecule has 0 unspecified atom stereocenters. The van der Waals surface area contributed by atoms with Gasteiger partial charge < -0.3 is 0 Å². The van der Waals surface area contributed by atoms with Gasteiger partial charge in [-0.25, -0.2) is 5.11 Å². The summed E-state index contributed by atoms with van der Waals surface area (Å²) in [5, 5.41) is 9.56. The average Bonchev–Trinajstić information content (AvgIpc) is 1.61. The summed E-state index contributed by atoms with van der Waals surface area (Å²) in [6.45, 7) is -1.21. The molecule has 0 aliphatic rings. The van der Waals surface area contributed by atoms with Crippen molar-refractivity contribution in [3.05, 3.63) is 0 Å². The van der Waals surface area contributed by atoms with Gasteiger partial charge in [0.25, 0.3) is 0 Å². The van der Waals surface area contributed by atoms with Crippen molar-refractivity contribution in [1.82, 2.24) is 0 Å². The van der Waals surface area contributed by atoms with Crippen LogP contribution in [-0.4, -0.2) is 17.4 Å². The molecule has 0 saturated heterocycles. The monoisotopic (exact) mass is 223 g/mol. The Morgan fingerprint density at radius 3 is 1.70 bits per heavy atom. The molecule has 10 heavy (non-hydrogen) atoms. The molecule has 6 heteroatoms. The Balaban J connectivity index is 4.10. The lowest BCUT2D eigenvalue weighted by atomic mass is 10.2. The van der Waals surface area contributed by atoms with Crippen LogP contribution in [-0.2, 0) is 5.11 Å². The van der Waals surface area contributed by atoms with Crippen LogP contribution in [0.4, 0.5) is 17.6 Å². The molecular weight excluding hydrogens is 220 g/mol. The van der Waals surface area contributed by atoms with E-state index < -0.39 is 23.8 Å². The van der Waals surface area contributed by atoms with Gasteiger partial charge in [0, 0.05) is 6.42 Å². The molecule has 0 N–H and O–H groups in total. The van der Waals surface area contributed by atoms with Crippen LogP contribution in [0.1, 0.15) is 6.42 Å². The molecule has 0 fully saturated rings. The fraction of sp³-hybridized carbons (Fsp3) is 1.00. The molecule has 0 rings (SSSR count). The van der Waals surface area contributed by atoms with Gasteiger partial charge in [0.2, 0.25) is 0 Å². The van der Waals surface area contributed by atoms with Gasteiger partial charge in [-0.15, -0.1) is 0 Å². The van der Waals surface area contributed by atoms with Gasteiger partial charge in [-0.2, -0.15) is 17.6 Å². The minimum atomic E-state index is -4.27. The van der Waals surface area contributed by atoms with Crippen molar-refractivity contribution in [2.75, 3.05) is 6.61 Å². The molecule has 0 amide bonds. The predicted octanol–water partition coefficient (Wildman–Crippen LogP) is 2.43. The van der Waals surface area contributed by atoms with E-state index in [0.29, 0.717) is 0 Å². The quantitative estimate of drug-likeness (QED) is 0.518. The Morgan fingerprint density at radius 2 is 1.60 bits per heavy atom. The predicted molar refractivity (Wildman–Crippen MR) is 29.0 cm³/mol. The first-order valence-corrected chi connectivity index (χ1v) is 3.13. The Kier molecular flexibility index (Phi) is 3.09. The third kappa shape index (κ3) is 2.42. The van der Waals surface area contributed by atoms with Crippen LogP contribution in [0.15, 0.2) is 0 Å². The second kappa shape index (κ2) is 3.04. The van der Waals surface area contributed by atoms with E-state index in [-0.39, 0.29) is 0 Å². The maximum Gasteiger partial charge on any atom is 0.363 e. The summed E-state index contributed by atoms with van der Waals surface area (Å²) in [7, 11) is 0. The minimum Gasteiger partial charge on any atom is -0.236 e. The van der Waals surface area contributed by atoms with Crippen LogP contribution in [0.2, 0.25) is 0 Å². The van der Waals surface area contributed by atoms with E-state index in [0.717, 1.165) is 0 Å². The highest BCUT2D eigenvalue weighted by Gasteiger charge is 2.53. The Hall–Kier alpha value is 0.160. The topological polar surface area (TPSA) is 19.9 Å². The summed E-state index contributed by atoms with van der Waals surface area (Å²) in [5.41, 5.74) is 0. The molecule has 0 heterocycles. The SMILES string of the molecule is [O]CCC(F)(F)C(F)(F)Br. The third-order valence-electron chi connectivity index (χ3n) is 0.831. The van der Waals surface area contributed by atoms with Crippen molar-refractivity contribution in [2.45, 2.75) is 17.2 Å². The minimum absolute atomic E-state index is 1.21.